The molecule has 6 heteroatoms. The zero-order valence-electron chi connectivity index (χ0n) is 10.6. The van der Waals surface area contributed by atoms with Gasteiger partial charge in [-0.25, -0.2) is 8.42 Å². The smallest absolute Gasteiger partial charge is 0.306 e. The SMILES string of the molecule is CCOC(=O)CCC(=O)CS(=O)(=O)C(C)CC. The lowest BCUT2D eigenvalue weighted by atomic mass is 10.2. The standard InChI is InChI=1S/C11H20O5S/c1-4-9(3)17(14,15)8-10(12)6-7-11(13)16-5-2/h9H,4-8H2,1-3H3. The first-order chi connectivity index (χ1) is 7.83. The Morgan fingerprint density at radius 3 is 2.24 bits per heavy atom. The van der Waals surface area contributed by atoms with Gasteiger partial charge in [-0.15, -0.1) is 0 Å². The van der Waals surface area contributed by atoms with Crippen molar-refractivity contribution in [1.29, 1.82) is 0 Å². The summed E-state index contributed by atoms with van der Waals surface area (Å²) < 4.78 is 27.9. The largest absolute Gasteiger partial charge is 0.466 e. The minimum absolute atomic E-state index is 0.0529. The van der Waals surface area contributed by atoms with Gasteiger partial charge >= 0.3 is 5.97 Å². The van der Waals surface area contributed by atoms with Crippen molar-refractivity contribution in [3.8, 4) is 0 Å². The number of hydrogen-bond donors (Lipinski definition) is 0. The molecule has 0 N–H and O–H groups in total. The Kier molecular flexibility index (Phi) is 7.03. The molecule has 17 heavy (non-hydrogen) atoms. The average Bonchev–Trinajstić information content (AvgIpc) is 2.25. The van der Waals surface area contributed by atoms with Crippen molar-refractivity contribution in [3.63, 3.8) is 0 Å². The highest BCUT2D eigenvalue weighted by Crippen LogP contribution is 2.07. The third-order valence-electron chi connectivity index (χ3n) is 2.46. The highest BCUT2D eigenvalue weighted by atomic mass is 32.2. The van der Waals surface area contributed by atoms with Crippen molar-refractivity contribution in [2.75, 3.05) is 12.4 Å². The molecule has 0 radical (unpaired) electrons. The van der Waals surface area contributed by atoms with Crippen LogP contribution in [0.15, 0.2) is 0 Å². The third-order valence-corrected chi connectivity index (χ3v) is 4.75. The number of sulfone groups is 1. The summed E-state index contributed by atoms with van der Waals surface area (Å²) in [5.41, 5.74) is 0. The minimum atomic E-state index is -3.37. The van der Waals surface area contributed by atoms with Gasteiger partial charge in [-0.2, -0.15) is 0 Å². The summed E-state index contributed by atoms with van der Waals surface area (Å²) in [7, 11) is -3.37. The fourth-order valence-corrected chi connectivity index (χ4v) is 2.55. The molecular formula is C11H20O5S. The molecule has 0 saturated carbocycles. The van der Waals surface area contributed by atoms with E-state index in [0.717, 1.165) is 0 Å². The maximum atomic E-state index is 11.6. The van der Waals surface area contributed by atoms with Gasteiger partial charge in [-0.1, -0.05) is 6.92 Å². The fourth-order valence-electron chi connectivity index (χ4n) is 1.17. The number of esters is 1. The number of rotatable bonds is 8. The number of carbonyl (C=O) groups is 2. The number of ketones is 1. The number of carbonyl (C=O) groups excluding carboxylic acids is 2. The van der Waals surface area contributed by atoms with Gasteiger partial charge in [0.25, 0.3) is 0 Å². The molecule has 0 bridgehead atoms. The zero-order chi connectivity index (χ0) is 13.5. The van der Waals surface area contributed by atoms with Gasteiger partial charge < -0.3 is 4.74 Å². The molecule has 1 unspecified atom stereocenters. The first-order valence-corrected chi connectivity index (χ1v) is 7.43. The number of Topliss-reactive ketones (excluding diaryl/α,β-unsaturated/α-hetero) is 1. The first-order valence-electron chi connectivity index (χ1n) is 5.72. The molecule has 0 rings (SSSR count). The molecule has 0 aromatic carbocycles. The molecule has 0 fully saturated rings. The van der Waals surface area contributed by atoms with Crippen LogP contribution >= 0.6 is 0 Å². The van der Waals surface area contributed by atoms with Crippen molar-refractivity contribution in [1.82, 2.24) is 0 Å². The van der Waals surface area contributed by atoms with Crippen LogP contribution in [-0.4, -0.2) is 37.8 Å². The van der Waals surface area contributed by atoms with E-state index in [2.05, 4.69) is 4.74 Å². The van der Waals surface area contributed by atoms with Crippen LogP contribution in [0.25, 0.3) is 0 Å². The molecule has 0 aliphatic heterocycles. The van der Waals surface area contributed by atoms with E-state index in [0.29, 0.717) is 6.42 Å². The van der Waals surface area contributed by atoms with E-state index in [1.165, 1.54) is 0 Å². The second-order valence-electron chi connectivity index (χ2n) is 3.87. The van der Waals surface area contributed by atoms with E-state index in [9.17, 15) is 18.0 Å². The Hall–Kier alpha value is -0.910. The lowest BCUT2D eigenvalue weighted by molar-refractivity contribution is -0.144. The van der Waals surface area contributed by atoms with Crippen molar-refractivity contribution in [2.45, 2.75) is 45.3 Å². The summed E-state index contributed by atoms with van der Waals surface area (Å²) in [5, 5.41) is -0.519. The van der Waals surface area contributed by atoms with Gasteiger partial charge in [-0.05, 0) is 20.3 Å². The van der Waals surface area contributed by atoms with Crippen molar-refractivity contribution < 1.29 is 22.7 Å². The van der Waals surface area contributed by atoms with Gasteiger partial charge in [0, 0.05) is 6.42 Å². The van der Waals surface area contributed by atoms with Crippen LogP contribution in [0.4, 0.5) is 0 Å². The summed E-state index contributed by atoms with van der Waals surface area (Å²) in [6.07, 6.45) is 0.352. The molecule has 0 aromatic heterocycles. The van der Waals surface area contributed by atoms with E-state index < -0.39 is 32.6 Å². The van der Waals surface area contributed by atoms with E-state index in [1.807, 2.05) is 0 Å². The average molecular weight is 264 g/mol. The number of ether oxygens (including phenoxy) is 1. The Morgan fingerprint density at radius 2 is 1.76 bits per heavy atom. The van der Waals surface area contributed by atoms with Crippen molar-refractivity contribution in [3.05, 3.63) is 0 Å². The number of hydrogen-bond acceptors (Lipinski definition) is 5. The Morgan fingerprint density at radius 1 is 1.18 bits per heavy atom. The first kappa shape index (κ1) is 16.1. The maximum absolute atomic E-state index is 11.6. The molecule has 1 atom stereocenters. The second kappa shape index (κ2) is 7.42. The van der Waals surface area contributed by atoms with Gasteiger partial charge in [0.1, 0.15) is 11.5 Å². The minimum Gasteiger partial charge on any atom is -0.466 e. The molecule has 5 nitrogen and oxygen atoms in total. The van der Waals surface area contributed by atoms with E-state index in [1.54, 1.807) is 20.8 Å². The fraction of sp³-hybridized carbons (Fsp3) is 0.818. The Bertz CT molecular complexity index is 358. The summed E-state index contributed by atoms with van der Waals surface area (Å²) in [5.74, 6) is -1.39. The second-order valence-corrected chi connectivity index (χ2v) is 6.29. The monoisotopic (exact) mass is 264 g/mol. The summed E-state index contributed by atoms with van der Waals surface area (Å²) in [6, 6.07) is 0. The molecule has 0 aromatic rings. The predicted molar refractivity (Wildman–Crippen MR) is 64.4 cm³/mol. The van der Waals surface area contributed by atoms with Gasteiger partial charge in [0.15, 0.2) is 9.84 Å². The molecule has 0 aliphatic rings. The molecule has 0 amide bonds. The molecule has 100 valence electrons. The quantitative estimate of drug-likeness (QED) is 0.614. The molecule has 0 heterocycles. The van der Waals surface area contributed by atoms with Crippen LogP contribution in [0, 0.1) is 0 Å². The maximum Gasteiger partial charge on any atom is 0.306 e. The van der Waals surface area contributed by atoms with Gasteiger partial charge in [0.05, 0.1) is 18.3 Å². The van der Waals surface area contributed by atoms with Crippen molar-refractivity contribution >= 4 is 21.6 Å². The topological polar surface area (TPSA) is 77.5 Å². The lowest BCUT2D eigenvalue weighted by Crippen LogP contribution is -2.25. The van der Waals surface area contributed by atoms with E-state index in [-0.39, 0.29) is 19.4 Å². The molecular weight excluding hydrogens is 244 g/mol. The normalized spacial score (nSPS) is 13.1. The van der Waals surface area contributed by atoms with Crippen LogP contribution in [0.3, 0.4) is 0 Å². The summed E-state index contributed by atoms with van der Waals surface area (Å²) >= 11 is 0. The molecule has 0 spiro atoms. The van der Waals surface area contributed by atoms with E-state index >= 15 is 0 Å². The molecule has 0 aliphatic carbocycles. The van der Waals surface area contributed by atoms with Gasteiger partial charge in [0.2, 0.25) is 0 Å². The Labute approximate surface area is 102 Å². The van der Waals surface area contributed by atoms with Crippen LogP contribution in [-0.2, 0) is 24.2 Å². The predicted octanol–water partition coefficient (Wildman–Crippen LogP) is 1.11. The van der Waals surface area contributed by atoms with Crippen LogP contribution < -0.4 is 0 Å². The highest BCUT2D eigenvalue weighted by Gasteiger charge is 2.22. The summed E-state index contributed by atoms with van der Waals surface area (Å²) in [6.45, 7) is 5.27. The highest BCUT2D eigenvalue weighted by molar-refractivity contribution is 7.92. The van der Waals surface area contributed by atoms with Crippen LogP contribution in [0.1, 0.15) is 40.0 Å². The Balaban J connectivity index is 4.15. The van der Waals surface area contributed by atoms with Gasteiger partial charge in [-0.3, -0.25) is 9.59 Å². The zero-order valence-corrected chi connectivity index (χ0v) is 11.4. The van der Waals surface area contributed by atoms with Crippen molar-refractivity contribution in [2.24, 2.45) is 0 Å². The summed E-state index contributed by atoms with van der Waals surface area (Å²) in [4.78, 5) is 22.4. The van der Waals surface area contributed by atoms with Crippen LogP contribution in [0.5, 0.6) is 0 Å². The molecule has 0 saturated heterocycles. The van der Waals surface area contributed by atoms with Crippen LogP contribution in [0.2, 0.25) is 0 Å². The third kappa shape index (κ3) is 6.41. The lowest BCUT2D eigenvalue weighted by Gasteiger charge is -2.09. The van der Waals surface area contributed by atoms with E-state index in [4.69, 9.17) is 0 Å².